The second-order valence-corrected chi connectivity index (χ2v) is 6.76. The van der Waals surface area contributed by atoms with Gasteiger partial charge in [0.1, 0.15) is 0 Å². The zero-order valence-electron chi connectivity index (χ0n) is 14.7. The van der Waals surface area contributed by atoms with E-state index in [0.717, 1.165) is 36.0 Å². The summed E-state index contributed by atoms with van der Waals surface area (Å²) < 4.78 is 6.07. The summed E-state index contributed by atoms with van der Waals surface area (Å²) in [5.74, 6) is 1.40. The summed E-state index contributed by atoms with van der Waals surface area (Å²) in [6.07, 6.45) is 3.30. The van der Waals surface area contributed by atoms with Crippen LogP contribution in [0.2, 0.25) is 0 Å². The van der Waals surface area contributed by atoms with Crippen LogP contribution in [0.5, 0.6) is 5.75 Å². The Morgan fingerprint density at radius 1 is 1.08 bits per heavy atom. The van der Waals surface area contributed by atoms with Gasteiger partial charge in [0.2, 0.25) is 5.88 Å². The van der Waals surface area contributed by atoms with Crippen LogP contribution in [0.15, 0.2) is 52.9 Å². The lowest BCUT2D eigenvalue weighted by atomic mass is 9.98. The van der Waals surface area contributed by atoms with Crippen LogP contribution >= 0.6 is 0 Å². The predicted octanol–water partition coefficient (Wildman–Crippen LogP) is 5.76. The molecule has 1 aromatic heterocycles. The quantitative estimate of drug-likeness (QED) is 0.623. The molecule has 0 unspecified atom stereocenters. The molecular formula is C22H23NO2. The molecule has 1 heterocycles. The smallest absolute Gasteiger partial charge is 0.205 e. The van der Waals surface area contributed by atoms with Gasteiger partial charge in [0, 0.05) is 11.6 Å². The van der Waals surface area contributed by atoms with Crippen LogP contribution in [-0.2, 0) is 6.42 Å². The highest BCUT2D eigenvalue weighted by Crippen LogP contribution is 2.47. The SMILES string of the molecule is CCc1ccc(-c2c(NC3CC3)oc(-c3ccccc3)c2O)cc1C. The molecule has 25 heavy (non-hydrogen) atoms. The first-order valence-electron chi connectivity index (χ1n) is 8.95. The van der Waals surface area contributed by atoms with Crippen molar-refractivity contribution in [1.82, 2.24) is 0 Å². The van der Waals surface area contributed by atoms with Gasteiger partial charge in [-0.05, 0) is 42.9 Å². The maximum absolute atomic E-state index is 10.9. The number of anilines is 1. The number of furan rings is 1. The van der Waals surface area contributed by atoms with E-state index >= 15 is 0 Å². The van der Waals surface area contributed by atoms with Crippen molar-refractivity contribution in [2.45, 2.75) is 39.2 Å². The Hall–Kier alpha value is -2.68. The van der Waals surface area contributed by atoms with Gasteiger partial charge in [-0.15, -0.1) is 0 Å². The van der Waals surface area contributed by atoms with Gasteiger partial charge in [0.25, 0.3) is 0 Å². The van der Waals surface area contributed by atoms with E-state index in [-0.39, 0.29) is 5.75 Å². The van der Waals surface area contributed by atoms with Crippen LogP contribution in [0.4, 0.5) is 5.88 Å². The fourth-order valence-corrected chi connectivity index (χ4v) is 3.24. The van der Waals surface area contributed by atoms with Gasteiger partial charge in [-0.3, -0.25) is 0 Å². The van der Waals surface area contributed by atoms with Gasteiger partial charge in [0.15, 0.2) is 11.5 Å². The number of nitrogens with one attached hydrogen (secondary N) is 1. The predicted molar refractivity (Wildman–Crippen MR) is 102 cm³/mol. The summed E-state index contributed by atoms with van der Waals surface area (Å²) >= 11 is 0. The molecule has 0 radical (unpaired) electrons. The zero-order chi connectivity index (χ0) is 17.4. The number of hydrogen-bond donors (Lipinski definition) is 2. The van der Waals surface area contributed by atoms with E-state index < -0.39 is 0 Å². The molecule has 3 heteroatoms. The Morgan fingerprint density at radius 3 is 2.48 bits per heavy atom. The molecule has 1 saturated carbocycles. The van der Waals surface area contributed by atoms with Crippen molar-refractivity contribution in [3.8, 4) is 28.2 Å². The van der Waals surface area contributed by atoms with Crippen molar-refractivity contribution < 1.29 is 9.52 Å². The molecule has 1 aliphatic carbocycles. The van der Waals surface area contributed by atoms with Gasteiger partial charge in [0.05, 0.1) is 5.56 Å². The topological polar surface area (TPSA) is 45.4 Å². The minimum Gasteiger partial charge on any atom is -0.504 e. The number of benzene rings is 2. The Bertz CT molecular complexity index is 892. The van der Waals surface area contributed by atoms with E-state index in [1.165, 1.54) is 11.1 Å². The molecule has 1 fully saturated rings. The van der Waals surface area contributed by atoms with E-state index in [2.05, 4.69) is 37.4 Å². The van der Waals surface area contributed by atoms with Gasteiger partial charge < -0.3 is 14.8 Å². The van der Waals surface area contributed by atoms with Crippen LogP contribution in [0.1, 0.15) is 30.9 Å². The lowest BCUT2D eigenvalue weighted by molar-refractivity contribution is 0.466. The third kappa shape index (κ3) is 3.02. The lowest BCUT2D eigenvalue weighted by Crippen LogP contribution is -2.00. The van der Waals surface area contributed by atoms with Crippen LogP contribution in [0.3, 0.4) is 0 Å². The normalized spacial score (nSPS) is 13.8. The minimum absolute atomic E-state index is 0.206. The summed E-state index contributed by atoms with van der Waals surface area (Å²) in [5, 5.41) is 14.4. The highest BCUT2D eigenvalue weighted by atomic mass is 16.4. The van der Waals surface area contributed by atoms with Crippen LogP contribution in [-0.4, -0.2) is 11.1 Å². The largest absolute Gasteiger partial charge is 0.504 e. The van der Waals surface area contributed by atoms with Gasteiger partial charge >= 0.3 is 0 Å². The molecular weight excluding hydrogens is 310 g/mol. The first-order chi connectivity index (χ1) is 12.2. The first kappa shape index (κ1) is 15.8. The third-order valence-electron chi connectivity index (χ3n) is 4.84. The number of rotatable bonds is 5. The molecule has 4 rings (SSSR count). The van der Waals surface area contributed by atoms with E-state index in [4.69, 9.17) is 4.42 Å². The van der Waals surface area contributed by atoms with Gasteiger partial charge in [-0.1, -0.05) is 55.5 Å². The van der Waals surface area contributed by atoms with Crippen LogP contribution in [0, 0.1) is 6.92 Å². The average molecular weight is 333 g/mol. The first-order valence-corrected chi connectivity index (χ1v) is 8.95. The summed E-state index contributed by atoms with van der Waals surface area (Å²) in [6, 6.07) is 16.6. The highest BCUT2D eigenvalue weighted by Gasteiger charge is 2.28. The molecule has 2 N–H and O–H groups in total. The molecule has 0 atom stereocenters. The molecule has 3 nitrogen and oxygen atoms in total. The minimum atomic E-state index is 0.206. The fraction of sp³-hybridized carbons (Fsp3) is 0.273. The van der Waals surface area contributed by atoms with Crippen molar-refractivity contribution in [1.29, 1.82) is 0 Å². The van der Waals surface area contributed by atoms with E-state index in [1.54, 1.807) is 0 Å². The highest BCUT2D eigenvalue weighted by molar-refractivity contribution is 5.87. The molecule has 0 bridgehead atoms. The van der Waals surface area contributed by atoms with E-state index in [1.807, 2.05) is 30.3 Å². The van der Waals surface area contributed by atoms with Crippen molar-refractivity contribution in [2.24, 2.45) is 0 Å². The monoisotopic (exact) mass is 333 g/mol. The zero-order valence-corrected chi connectivity index (χ0v) is 14.7. The van der Waals surface area contributed by atoms with E-state index in [0.29, 0.717) is 17.7 Å². The standard InChI is InChI=1S/C22H23NO2/c1-3-15-9-10-17(13-14(15)2)19-20(24)21(16-7-5-4-6-8-16)25-22(19)23-18-11-12-18/h4-10,13,18,23-24H,3,11-12H2,1-2H3. The molecule has 3 aromatic rings. The molecule has 0 amide bonds. The maximum Gasteiger partial charge on any atom is 0.205 e. The molecule has 2 aromatic carbocycles. The fourth-order valence-electron chi connectivity index (χ4n) is 3.24. The molecule has 0 spiro atoms. The summed E-state index contributed by atoms with van der Waals surface area (Å²) in [7, 11) is 0. The molecule has 0 aliphatic heterocycles. The summed E-state index contributed by atoms with van der Waals surface area (Å²) in [4.78, 5) is 0. The van der Waals surface area contributed by atoms with Crippen LogP contribution < -0.4 is 5.32 Å². The Balaban J connectivity index is 1.85. The van der Waals surface area contributed by atoms with E-state index in [9.17, 15) is 5.11 Å². The second kappa shape index (κ2) is 6.32. The third-order valence-corrected chi connectivity index (χ3v) is 4.84. The van der Waals surface area contributed by atoms with Gasteiger partial charge in [-0.25, -0.2) is 0 Å². The Kier molecular flexibility index (Phi) is 4.00. The average Bonchev–Trinajstić information content (AvgIpc) is 3.38. The number of aryl methyl sites for hydroxylation is 2. The van der Waals surface area contributed by atoms with Gasteiger partial charge in [-0.2, -0.15) is 0 Å². The summed E-state index contributed by atoms with van der Waals surface area (Å²) in [5.41, 5.74) is 5.19. The second-order valence-electron chi connectivity index (χ2n) is 6.76. The van der Waals surface area contributed by atoms with Crippen molar-refractivity contribution in [3.63, 3.8) is 0 Å². The maximum atomic E-state index is 10.9. The number of aromatic hydroxyl groups is 1. The van der Waals surface area contributed by atoms with Crippen molar-refractivity contribution in [2.75, 3.05) is 5.32 Å². The molecule has 1 aliphatic rings. The number of hydrogen-bond acceptors (Lipinski definition) is 3. The molecule has 0 saturated heterocycles. The van der Waals surface area contributed by atoms with Crippen LogP contribution in [0.25, 0.3) is 22.5 Å². The summed E-state index contributed by atoms with van der Waals surface area (Å²) in [6.45, 7) is 4.27. The van der Waals surface area contributed by atoms with Crippen molar-refractivity contribution in [3.05, 3.63) is 59.7 Å². The molecule has 128 valence electrons. The lowest BCUT2D eigenvalue weighted by Gasteiger charge is -2.08. The Labute approximate surface area is 148 Å². The van der Waals surface area contributed by atoms with Crippen molar-refractivity contribution >= 4 is 5.88 Å². The Morgan fingerprint density at radius 2 is 1.84 bits per heavy atom.